The third kappa shape index (κ3) is 6.41. The van der Waals surface area contributed by atoms with Crippen LogP contribution in [-0.2, 0) is 11.2 Å². The number of H-pyrrole nitrogens is 1. The highest BCUT2D eigenvalue weighted by Gasteiger charge is 2.31. The fourth-order valence-electron chi connectivity index (χ4n) is 4.77. The molecule has 1 amide bonds. The predicted molar refractivity (Wildman–Crippen MR) is 153 cm³/mol. The third-order valence-electron chi connectivity index (χ3n) is 7.47. The molecule has 7 nitrogen and oxygen atoms in total. The van der Waals surface area contributed by atoms with Gasteiger partial charge >= 0.3 is 0 Å². The molecule has 40 heavy (non-hydrogen) atoms. The van der Waals surface area contributed by atoms with Crippen LogP contribution in [0.4, 0.5) is 4.39 Å². The Morgan fingerprint density at radius 2 is 1.75 bits per heavy atom. The van der Waals surface area contributed by atoms with E-state index in [0.29, 0.717) is 29.5 Å². The maximum absolute atomic E-state index is 12.2. The molecule has 4 aromatic rings. The Kier molecular flexibility index (Phi) is 9.68. The number of benzene rings is 3. The highest BCUT2D eigenvalue weighted by atomic mass is 35.5. The summed E-state index contributed by atoms with van der Waals surface area (Å²) in [7, 11) is 1.55. The quantitative estimate of drug-likeness (QED) is 0.231. The zero-order chi connectivity index (χ0) is 28.7. The molecule has 0 bridgehead atoms. The van der Waals surface area contributed by atoms with Gasteiger partial charge in [0.1, 0.15) is 17.3 Å². The minimum Gasteiger partial charge on any atom is -0.497 e. The lowest BCUT2D eigenvalue weighted by atomic mass is 9.88. The Labute approximate surface area is 238 Å². The molecule has 212 valence electrons. The molecule has 9 heteroatoms. The molecule has 1 aromatic heterocycles. The van der Waals surface area contributed by atoms with Crippen molar-refractivity contribution in [2.75, 3.05) is 33.5 Å². The van der Waals surface area contributed by atoms with E-state index in [9.17, 15) is 19.4 Å². The second-order valence-corrected chi connectivity index (χ2v) is 10.3. The lowest BCUT2D eigenvalue weighted by molar-refractivity contribution is -0.120. The highest BCUT2D eigenvalue weighted by molar-refractivity contribution is 6.31. The lowest BCUT2D eigenvalue weighted by Crippen LogP contribution is -2.35. The van der Waals surface area contributed by atoms with Gasteiger partial charge in [0, 0.05) is 28.2 Å². The van der Waals surface area contributed by atoms with E-state index in [1.807, 2.05) is 49.4 Å². The van der Waals surface area contributed by atoms with Crippen LogP contribution >= 0.6 is 11.6 Å². The van der Waals surface area contributed by atoms with Gasteiger partial charge in [0.2, 0.25) is 6.41 Å². The van der Waals surface area contributed by atoms with E-state index in [1.165, 1.54) is 17.7 Å². The van der Waals surface area contributed by atoms with Gasteiger partial charge in [0.15, 0.2) is 0 Å². The van der Waals surface area contributed by atoms with Crippen LogP contribution < -0.4 is 9.47 Å². The smallest absolute Gasteiger partial charge is 0.210 e. The highest BCUT2D eigenvalue weighted by Crippen LogP contribution is 2.39. The van der Waals surface area contributed by atoms with Crippen molar-refractivity contribution < 1.29 is 28.9 Å². The Bertz CT molecular complexity index is 1400. The van der Waals surface area contributed by atoms with Gasteiger partial charge in [-0.05, 0) is 78.6 Å². The van der Waals surface area contributed by atoms with Crippen LogP contribution in [0.3, 0.4) is 0 Å². The molecule has 5 rings (SSSR count). The molecule has 0 unspecified atom stereocenters. The van der Waals surface area contributed by atoms with Gasteiger partial charge in [-0.25, -0.2) is 4.39 Å². The topological polar surface area (TPSA) is 95.0 Å². The zero-order valence-corrected chi connectivity index (χ0v) is 23.3. The normalized spacial score (nSPS) is 14.8. The van der Waals surface area contributed by atoms with Crippen molar-refractivity contribution in [2.45, 2.75) is 25.8 Å². The first-order chi connectivity index (χ1) is 19.4. The fourth-order valence-corrected chi connectivity index (χ4v) is 4.94. The van der Waals surface area contributed by atoms with E-state index in [0.717, 1.165) is 35.0 Å². The van der Waals surface area contributed by atoms with Crippen LogP contribution in [0.25, 0.3) is 10.9 Å². The van der Waals surface area contributed by atoms with Crippen LogP contribution in [0.5, 0.6) is 11.5 Å². The number of fused-ring (bicyclic) bond motifs is 3. The summed E-state index contributed by atoms with van der Waals surface area (Å²) in [5.41, 5.74) is 3.53. The number of nitrogens with one attached hydrogen (secondary N) is 1. The molecule has 3 aromatic carbocycles. The summed E-state index contributed by atoms with van der Waals surface area (Å²) in [6, 6.07) is 19.1. The number of aliphatic hydroxyl groups excluding tert-OH is 2. The van der Waals surface area contributed by atoms with Gasteiger partial charge in [0.05, 0.1) is 38.4 Å². The van der Waals surface area contributed by atoms with Crippen molar-refractivity contribution >= 4 is 28.9 Å². The molecule has 0 fully saturated rings. The number of rotatable bonds is 9. The molecule has 0 aliphatic carbocycles. The number of ether oxygens (including phenoxy) is 2. The second kappa shape index (κ2) is 13.2. The summed E-state index contributed by atoms with van der Waals surface area (Å²) >= 11 is 6.21. The summed E-state index contributed by atoms with van der Waals surface area (Å²) in [5, 5.41) is 21.0. The maximum Gasteiger partial charge on any atom is 0.210 e. The number of carbonyl (C=O) groups excluding carboxylic acids is 1. The van der Waals surface area contributed by atoms with E-state index in [-0.39, 0.29) is 31.7 Å². The molecule has 1 aliphatic rings. The molecule has 0 saturated heterocycles. The lowest BCUT2D eigenvalue weighted by Gasteiger charge is -2.33. The number of halogens is 2. The van der Waals surface area contributed by atoms with Crippen molar-refractivity contribution in [2.24, 2.45) is 5.41 Å². The van der Waals surface area contributed by atoms with Gasteiger partial charge in [-0.3, -0.25) is 4.79 Å². The van der Waals surface area contributed by atoms with E-state index in [2.05, 4.69) is 4.98 Å². The Hall–Kier alpha value is -3.59. The first-order valence-corrected chi connectivity index (χ1v) is 13.5. The molecule has 1 atom stereocenters. The first-order valence-electron chi connectivity index (χ1n) is 13.1. The molecular formula is C31H34ClFN2O5. The van der Waals surface area contributed by atoms with Crippen molar-refractivity contribution in [3.05, 3.63) is 94.4 Å². The number of amides is 1. The molecule has 2 heterocycles. The second-order valence-electron chi connectivity index (χ2n) is 9.89. The van der Waals surface area contributed by atoms with Gasteiger partial charge in [0.25, 0.3) is 0 Å². The summed E-state index contributed by atoms with van der Waals surface area (Å²) < 4.78 is 22.8. The van der Waals surface area contributed by atoms with Crippen molar-refractivity contribution in [1.82, 2.24) is 9.88 Å². The van der Waals surface area contributed by atoms with E-state index in [1.54, 1.807) is 24.1 Å². The number of carbonyl (C=O) groups is 1. The number of aromatic amines is 1. The molecular weight excluding hydrogens is 535 g/mol. The monoisotopic (exact) mass is 568 g/mol. The molecule has 1 aliphatic heterocycles. The largest absolute Gasteiger partial charge is 0.497 e. The van der Waals surface area contributed by atoms with Crippen LogP contribution in [-0.4, -0.2) is 60.0 Å². The van der Waals surface area contributed by atoms with Crippen LogP contribution in [0, 0.1) is 11.2 Å². The van der Waals surface area contributed by atoms with Gasteiger partial charge in [-0.15, -0.1) is 0 Å². The number of aromatic nitrogens is 1. The van der Waals surface area contributed by atoms with Gasteiger partial charge < -0.3 is 29.6 Å². The van der Waals surface area contributed by atoms with E-state index in [4.69, 9.17) is 21.1 Å². The number of nitrogens with zero attached hydrogens (tertiary/aromatic N) is 1. The molecule has 0 radical (unpaired) electrons. The van der Waals surface area contributed by atoms with Crippen molar-refractivity contribution in [3.63, 3.8) is 0 Å². The average Bonchev–Trinajstić information content (AvgIpc) is 3.36. The Balaban J connectivity index is 0.000000350. The van der Waals surface area contributed by atoms with Crippen LogP contribution in [0.1, 0.15) is 36.2 Å². The summed E-state index contributed by atoms with van der Waals surface area (Å²) in [6.45, 7) is 2.50. The minimum absolute atomic E-state index is 0.137. The Morgan fingerprint density at radius 3 is 2.35 bits per heavy atom. The van der Waals surface area contributed by atoms with Crippen molar-refractivity contribution in [3.8, 4) is 11.5 Å². The predicted octanol–water partition coefficient (Wildman–Crippen LogP) is 5.52. The zero-order valence-electron chi connectivity index (χ0n) is 22.6. The third-order valence-corrected chi connectivity index (χ3v) is 7.71. The van der Waals surface area contributed by atoms with Crippen LogP contribution in [0.2, 0.25) is 5.02 Å². The molecule has 3 N–H and O–H groups in total. The van der Waals surface area contributed by atoms with E-state index >= 15 is 0 Å². The first kappa shape index (κ1) is 29.4. The standard InChI is InChI=1S/C24H27ClN2O4.C7H7FO/c1-2-24(12-28,13-29)14-31-18-6-3-16(4-7-18)23-22-19(9-10-27(23)15-30)20-11-17(25)5-8-21(20)26-22;1-9-7-4-2-6(8)3-5-7/h3-8,11,15,23,26,28-29H,2,9-10,12-14H2,1H3;2-5H,1H3/t23-;/m0./s1. The van der Waals surface area contributed by atoms with Crippen LogP contribution in [0.15, 0.2) is 66.7 Å². The summed E-state index contributed by atoms with van der Waals surface area (Å²) in [5.74, 6) is 1.09. The summed E-state index contributed by atoms with van der Waals surface area (Å²) in [6.07, 6.45) is 2.28. The molecule has 0 saturated carbocycles. The summed E-state index contributed by atoms with van der Waals surface area (Å²) in [4.78, 5) is 17.1. The number of methoxy groups -OCH3 is 1. The Morgan fingerprint density at radius 1 is 1.07 bits per heavy atom. The fraction of sp³-hybridized carbons (Fsp3) is 0.323. The number of aliphatic hydroxyl groups is 2. The minimum atomic E-state index is -0.656. The SMILES string of the molecule is CCC(CO)(CO)COc1ccc([C@H]2c3[nH]c4ccc(Cl)cc4c3CCN2C=O)cc1.COc1ccc(F)cc1. The average molecular weight is 569 g/mol. The van der Waals surface area contributed by atoms with Gasteiger partial charge in [-0.1, -0.05) is 30.7 Å². The van der Waals surface area contributed by atoms with Crippen molar-refractivity contribution in [1.29, 1.82) is 0 Å². The number of hydrogen-bond acceptors (Lipinski definition) is 5. The van der Waals surface area contributed by atoms with E-state index < -0.39 is 5.41 Å². The number of hydrogen-bond donors (Lipinski definition) is 3. The van der Waals surface area contributed by atoms with Gasteiger partial charge in [-0.2, -0.15) is 0 Å². The maximum atomic E-state index is 12.2. The molecule has 0 spiro atoms.